The van der Waals surface area contributed by atoms with Gasteiger partial charge in [-0.1, -0.05) is 0 Å². The van der Waals surface area contributed by atoms with Gasteiger partial charge in [-0.25, -0.2) is 4.98 Å². The van der Waals surface area contributed by atoms with Gasteiger partial charge < -0.3 is 19.9 Å². The van der Waals surface area contributed by atoms with Crippen LogP contribution in [-0.4, -0.2) is 67.2 Å². The Morgan fingerprint density at radius 1 is 1.36 bits per heavy atom. The van der Waals surface area contributed by atoms with Crippen molar-refractivity contribution in [2.24, 2.45) is 5.41 Å². The molecule has 1 N–H and O–H groups in total. The summed E-state index contributed by atoms with van der Waals surface area (Å²) in [5.41, 5.74) is 0.150. The molecule has 1 amide bonds. The number of nitrogens with zero attached hydrogens (tertiary/aromatic N) is 4. The van der Waals surface area contributed by atoms with Crippen LogP contribution < -0.4 is 10.2 Å². The second kappa shape index (κ2) is 7.99. The molecule has 2 aliphatic rings. The Labute approximate surface area is 149 Å². The van der Waals surface area contributed by atoms with Crippen LogP contribution in [-0.2, 0) is 9.53 Å². The maximum absolute atomic E-state index is 12.2. The van der Waals surface area contributed by atoms with Gasteiger partial charge in [0.15, 0.2) is 0 Å². The van der Waals surface area contributed by atoms with Crippen LogP contribution in [0, 0.1) is 5.41 Å². The first-order valence-electron chi connectivity index (χ1n) is 9.24. The van der Waals surface area contributed by atoms with E-state index < -0.39 is 0 Å². The highest BCUT2D eigenvalue weighted by Gasteiger charge is 2.42. The van der Waals surface area contributed by atoms with Gasteiger partial charge in [0.25, 0.3) is 0 Å². The second-order valence-electron chi connectivity index (χ2n) is 7.11. The van der Waals surface area contributed by atoms with Crippen LogP contribution in [0.4, 0.5) is 11.8 Å². The molecule has 0 bridgehead atoms. The lowest BCUT2D eigenvalue weighted by molar-refractivity contribution is -0.138. The van der Waals surface area contributed by atoms with Gasteiger partial charge in [-0.3, -0.25) is 4.79 Å². The quantitative estimate of drug-likeness (QED) is 0.846. The summed E-state index contributed by atoms with van der Waals surface area (Å²) in [4.78, 5) is 25.6. The largest absolute Gasteiger partial charge is 0.383 e. The molecule has 1 atom stereocenters. The smallest absolute Gasteiger partial charge is 0.227 e. The van der Waals surface area contributed by atoms with Crippen molar-refractivity contribution in [2.45, 2.75) is 32.6 Å². The van der Waals surface area contributed by atoms with Crippen molar-refractivity contribution >= 4 is 17.7 Å². The lowest BCUT2D eigenvalue weighted by atomic mass is 9.73. The van der Waals surface area contributed by atoms with Crippen LogP contribution in [0.15, 0.2) is 12.3 Å². The highest BCUT2D eigenvalue weighted by Crippen LogP contribution is 2.39. The molecule has 0 aliphatic carbocycles. The molecule has 0 aromatic carbocycles. The van der Waals surface area contributed by atoms with E-state index in [0.29, 0.717) is 19.6 Å². The van der Waals surface area contributed by atoms with Gasteiger partial charge in [0.05, 0.1) is 6.61 Å². The molecule has 1 spiro atoms. The minimum absolute atomic E-state index is 0.150. The SMILES string of the molecule is CCNc1ccnc(N2CCC[C@@]3(CCC(=O)N(CCOC)C3)C2)n1. The fourth-order valence-corrected chi connectivity index (χ4v) is 4.00. The zero-order valence-electron chi connectivity index (χ0n) is 15.3. The molecule has 7 heteroatoms. The number of hydrogen-bond donors (Lipinski definition) is 1. The molecule has 1 aromatic heterocycles. The van der Waals surface area contributed by atoms with Crippen molar-refractivity contribution in [3.05, 3.63) is 12.3 Å². The highest BCUT2D eigenvalue weighted by molar-refractivity contribution is 5.77. The summed E-state index contributed by atoms with van der Waals surface area (Å²) in [6.07, 6.45) is 5.68. The Morgan fingerprint density at radius 2 is 2.24 bits per heavy atom. The summed E-state index contributed by atoms with van der Waals surface area (Å²) in [6, 6.07) is 1.90. The maximum Gasteiger partial charge on any atom is 0.227 e. The molecule has 7 nitrogen and oxygen atoms in total. The minimum Gasteiger partial charge on any atom is -0.383 e. The van der Waals surface area contributed by atoms with E-state index in [1.165, 1.54) is 0 Å². The molecular weight excluding hydrogens is 318 g/mol. The summed E-state index contributed by atoms with van der Waals surface area (Å²) >= 11 is 0. The fraction of sp³-hybridized carbons (Fsp3) is 0.722. The Morgan fingerprint density at radius 3 is 3.04 bits per heavy atom. The monoisotopic (exact) mass is 347 g/mol. The molecule has 3 rings (SSSR count). The molecule has 0 saturated carbocycles. The Hall–Kier alpha value is -1.89. The normalized spacial score (nSPS) is 24.0. The van der Waals surface area contributed by atoms with E-state index >= 15 is 0 Å². The van der Waals surface area contributed by atoms with Crippen LogP contribution in [0.25, 0.3) is 0 Å². The van der Waals surface area contributed by atoms with Gasteiger partial charge in [0, 0.05) is 57.9 Å². The number of piperidine rings is 2. The summed E-state index contributed by atoms with van der Waals surface area (Å²) in [6.45, 7) is 6.90. The Balaban J connectivity index is 1.71. The van der Waals surface area contributed by atoms with Crippen molar-refractivity contribution in [1.29, 1.82) is 0 Å². The number of carbonyl (C=O) groups is 1. The average Bonchev–Trinajstić information content (AvgIpc) is 2.63. The highest BCUT2D eigenvalue weighted by atomic mass is 16.5. The van der Waals surface area contributed by atoms with E-state index in [9.17, 15) is 4.79 Å². The summed E-state index contributed by atoms with van der Waals surface area (Å²) < 4.78 is 5.16. The van der Waals surface area contributed by atoms with Gasteiger partial charge in [-0.05, 0) is 32.3 Å². The number of nitrogens with one attached hydrogen (secondary N) is 1. The average molecular weight is 347 g/mol. The molecule has 138 valence electrons. The third-order valence-electron chi connectivity index (χ3n) is 5.26. The predicted octanol–water partition coefficient (Wildman–Crippen LogP) is 1.76. The lowest BCUT2D eigenvalue weighted by Crippen LogP contribution is -2.54. The van der Waals surface area contributed by atoms with E-state index in [1.54, 1.807) is 7.11 Å². The van der Waals surface area contributed by atoms with E-state index in [4.69, 9.17) is 4.74 Å². The molecule has 2 fully saturated rings. The van der Waals surface area contributed by atoms with Gasteiger partial charge >= 0.3 is 0 Å². The third-order valence-corrected chi connectivity index (χ3v) is 5.26. The maximum atomic E-state index is 12.2. The van der Waals surface area contributed by atoms with Gasteiger partial charge in [0.2, 0.25) is 11.9 Å². The van der Waals surface area contributed by atoms with Crippen molar-refractivity contribution < 1.29 is 9.53 Å². The Bertz CT molecular complexity index is 597. The van der Waals surface area contributed by atoms with Crippen LogP contribution >= 0.6 is 0 Å². The summed E-state index contributed by atoms with van der Waals surface area (Å²) in [5, 5.41) is 3.25. The number of anilines is 2. The van der Waals surface area contributed by atoms with Crippen molar-refractivity contribution in [3.63, 3.8) is 0 Å². The zero-order valence-corrected chi connectivity index (χ0v) is 15.3. The van der Waals surface area contributed by atoms with Crippen molar-refractivity contribution in [3.8, 4) is 0 Å². The van der Waals surface area contributed by atoms with E-state index in [-0.39, 0.29) is 11.3 Å². The van der Waals surface area contributed by atoms with E-state index in [2.05, 4.69) is 27.1 Å². The standard InChI is InChI=1S/C18H29N5O2/c1-3-19-15-6-9-20-17(21-15)23-10-4-7-18(14-23)8-5-16(24)22(13-18)11-12-25-2/h6,9H,3-5,7-8,10-14H2,1-2H3,(H,19,20,21)/t18-/m0/s1. The molecule has 1 aromatic rings. The number of rotatable bonds is 6. The molecule has 2 saturated heterocycles. The zero-order chi connectivity index (χ0) is 17.7. The summed E-state index contributed by atoms with van der Waals surface area (Å²) in [5.74, 6) is 1.91. The van der Waals surface area contributed by atoms with Crippen LogP contribution in [0.5, 0.6) is 0 Å². The van der Waals surface area contributed by atoms with Crippen LogP contribution in [0.1, 0.15) is 32.6 Å². The molecule has 2 aliphatic heterocycles. The number of ether oxygens (including phenoxy) is 1. The van der Waals surface area contributed by atoms with Gasteiger partial charge in [0.1, 0.15) is 5.82 Å². The lowest BCUT2D eigenvalue weighted by Gasteiger charge is -2.48. The Kier molecular flexibility index (Phi) is 5.73. The third kappa shape index (κ3) is 4.21. The number of amides is 1. The molecule has 0 radical (unpaired) electrons. The predicted molar refractivity (Wildman–Crippen MR) is 97.8 cm³/mol. The minimum atomic E-state index is 0.150. The van der Waals surface area contributed by atoms with Crippen molar-refractivity contribution in [1.82, 2.24) is 14.9 Å². The number of carbonyl (C=O) groups excluding carboxylic acids is 1. The molecule has 3 heterocycles. The number of aromatic nitrogens is 2. The van der Waals surface area contributed by atoms with E-state index in [1.807, 2.05) is 17.2 Å². The fourth-order valence-electron chi connectivity index (χ4n) is 4.00. The van der Waals surface area contributed by atoms with Crippen LogP contribution in [0.3, 0.4) is 0 Å². The van der Waals surface area contributed by atoms with Crippen molar-refractivity contribution in [2.75, 3.05) is 56.7 Å². The first-order valence-corrected chi connectivity index (χ1v) is 9.24. The molecule has 25 heavy (non-hydrogen) atoms. The van der Waals surface area contributed by atoms with Gasteiger partial charge in [-0.2, -0.15) is 4.98 Å². The van der Waals surface area contributed by atoms with Crippen LogP contribution in [0.2, 0.25) is 0 Å². The molecular formula is C18H29N5O2. The molecule has 0 unspecified atom stereocenters. The van der Waals surface area contributed by atoms with E-state index in [0.717, 1.165) is 57.2 Å². The number of hydrogen-bond acceptors (Lipinski definition) is 6. The first kappa shape index (κ1) is 17.9. The number of methoxy groups -OCH3 is 1. The first-order chi connectivity index (χ1) is 12.2. The van der Waals surface area contributed by atoms with Gasteiger partial charge in [-0.15, -0.1) is 0 Å². The second-order valence-corrected chi connectivity index (χ2v) is 7.11. The topological polar surface area (TPSA) is 70.6 Å². The number of likely N-dealkylation sites (tertiary alicyclic amines) is 1. The summed E-state index contributed by atoms with van der Waals surface area (Å²) in [7, 11) is 1.68.